The van der Waals surface area contributed by atoms with Crippen molar-refractivity contribution < 1.29 is 9.47 Å². The summed E-state index contributed by atoms with van der Waals surface area (Å²) < 4.78 is 11.6. The summed E-state index contributed by atoms with van der Waals surface area (Å²) in [5.41, 5.74) is 3.02. The highest BCUT2D eigenvalue weighted by molar-refractivity contribution is 5.85. The van der Waals surface area contributed by atoms with Crippen molar-refractivity contribution in [2.24, 2.45) is 4.99 Å². The Bertz CT molecular complexity index is 1100. The minimum absolute atomic E-state index is 0.481. The third-order valence-corrected chi connectivity index (χ3v) is 4.57. The van der Waals surface area contributed by atoms with Crippen LogP contribution in [0.25, 0.3) is 10.8 Å². The van der Waals surface area contributed by atoms with Crippen LogP contribution in [-0.2, 0) is 6.61 Å². The van der Waals surface area contributed by atoms with Crippen molar-refractivity contribution in [3.8, 4) is 11.5 Å². The maximum atomic E-state index is 6.07. The Kier molecular flexibility index (Phi) is 5.34. The lowest BCUT2D eigenvalue weighted by Gasteiger charge is -2.12. The summed E-state index contributed by atoms with van der Waals surface area (Å²) in [5, 5.41) is 2.42. The molecule has 28 heavy (non-hydrogen) atoms. The van der Waals surface area contributed by atoms with Gasteiger partial charge in [-0.1, -0.05) is 60.7 Å². The highest BCUT2D eigenvalue weighted by Crippen LogP contribution is 2.29. The van der Waals surface area contributed by atoms with Crippen LogP contribution >= 0.6 is 0 Å². The van der Waals surface area contributed by atoms with Gasteiger partial charge in [-0.25, -0.2) is 0 Å². The van der Waals surface area contributed by atoms with Gasteiger partial charge in [0, 0.05) is 6.21 Å². The van der Waals surface area contributed by atoms with Crippen molar-refractivity contribution in [2.75, 3.05) is 7.11 Å². The molecule has 4 aromatic carbocycles. The van der Waals surface area contributed by atoms with E-state index in [-0.39, 0.29) is 0 Å². The topological polar surface area (TPSA) is 30.8 Å². The van der Waals surface area contributed by atoms with Gasteiger partial charge in [0.1, 0.15) is 6.61 Å². The summed E-state index contributed by atoms with van der Waals surface area (Å²) in [6.07, 6.45) is 1.83. The predicted octanol–water partition coefficient (Wildman–Crippen LogP) is 6.18. The number of ether oxygens (including phenoxy) is 2. The Morgan fingerprint density at radius 3 is 2.43 bits per heavy atom. The monoisotopic (exact) mass is 367 g/mol. The zero-order valence-corrected chi connectivity index (χ0v) is 15.7. The summed E-state index contributed by atoms with van der Waals surface area (Å²) in [6, 6.07) is 30.3. The van der Waals surface area contributed by atoms with Gasteiger partial charge in [-0.15, -0.1) is 0 Å². The molecule has 0 aliphatic rings. The zero-order valence-electron chi connectivity index (χ0n) is 15.7. The number of methoxy groups -OCH3 is 1. The van der Waals surface area contributed by atoms with Crippen molar-refractivity contribution in [1.82, 2.24) is 0 Å². The lowest BCUT2D eigenvalue weighted by Crippen LogP contribution is -1.99. The quantitative estimate of drug-likeness (QED) is 0.381. The molecule has 4 rings (SSSR count). The largest absolute Gasteiger partial charge is 0.493 e. The van der Waals surface area contributed by atoms with Crippen molar-refractivity contribution in [3.05, 3.63) is 102 Å². The number of hydrogen-bond donors (Lipinski definition) is 0. The molecule has 0 unspecified atom stereocenters. The summed E-state index contributed by atoms with van der Waals surface area (Å²) in [4.78, 5) is 4.49. The molecule has 3 nitrogen and oxygen atoms in total. The number of hydrogen-bond acceptors (Lipinski definition) is 3. The first kappa shape index (κ1) is 17.8. The van der Waals surface area contributed by atoms with Crippen LogP contribution in [0.1, 0.15) is 11.1 Å². The number of fused-ring (bicyclic) bond motifs is 1. The van der Waals surface area contributed by atoms with Crippen molar-refractivity contribution in [2.45, 2.75) is 6.61 Å². The van der Waals surface area contributed by atoms with Crippen LogP contribution in [0.5, 0.6) is 11.5 Å². The lowest BCUT2D eigenvalue weighted by molar-refractivity contribution is 0.285. The van der Waals surface area contributed by atoms with Gasteiger partial charge >= 0.3 is 0 Å². The molecule has 0 aliphatic heterocycles. The average molecular weight is 367 g/mol. The van der Waals surface area contributed by atoms with Crippen LogP contribution in [0.3, 0.4) is 0 Å². The maximum absolute atomic E-state index is 6.07. The fourth-order valence-electron chi connectivity index (χ4n) is 3.12. The van der Waals surface area contributed by atoms with E-state index in [4.69, 9.17) is 9.47 Å². The van der Waals surface area contributed by atoms with E-state index in [2.05, 4.69) is 35.3 Å². The SMILES string of the molecule is COc1cc(C=Nc2ccccc2)ccc1OCc1cccc2ccccc12. The first-order chi connectivity index (χ1) is 13.8. The second-order valence-electron chi connectivity index (χ2n) is 6.43. The molecule has 0 saturated carbocycles. The fourth-order valence-corrected chi connectivity index (χ4v) is 3.12. The summed E-state index contributed by atoms with van der Waals surface area (Å²) >= 11 is 0. The van der Waals surface area contributed by atoms with E-state index in [9.17, 15) is 0 Å². The van der Waals surface area contributed by atoms with Gasteiger partial charge in [0.05, 0.1) is 12.8 Å². The van der Waals surface area contributed by atoms with E-state index in [1.807, 2.05) is 66.9 Å². The molecule has 0 fully saturated rings. The summed E-state index contributed by atoms with van der Waals surface area (Å²) in [5.74, 6) is 1.41. The minimum atomic E-state index is 0.481. The van der Waals surface area contributed by atoms with E-state index in [0.29, 0.717) is 18.1 Å². The zero-order chi connectivity index (χ0) is 19.2. The van der Waals surface area contributed by atoms with E-state index in [0.717, 1.165) is 16.8 Å². The Morgan fingerprint density at radius 2 is 1.57 bits per heavy atom. The second-order valence-corrected chi connectivity index (χ2v) is 6.43. The molecule has 0 atom stereocenters. The molecule has 0 aromatic heterocycles. The number of aliphatic imine (C=N–C) groups is 1. The van der Waals surface area contributed by atoms with Crippen LogP contribution in [-0.4, -0.2) is 13.3 Å². The standard InChI is InChI=1S/C25H21NO2/c1-27-25-16-19(17-26-22-11-3-2-4-12-22)14-15-24(25)28-18-21-10-7-9-20-8-5-6-13-23(20)21/h2-17H,18H2,1H3. The Hall–Kier alpha value is -3.59. The van der Waals surface area contributed by atoms with Crippen LogP contribution in [0.15, 0.2) is 96.0 Å². The molecule has 3 heteroatoms. The average Bonchev–Trinajstić information content (AvgIpc) is 2.77. The van der Waals surface area contributed by atoms with Crippen molar-refractivity contribution in [3.63, 3.8) is 0 Å². The first-order valence-corrected chi connectivity index (χ1v) is 9.20. The molecular formula is C25H21NO2. The van der Waals surface area contributed by atoms with E-state index >= 15 is 0 Å². The van der Waals surface area contributed by atoms with Gasteiger partial charge in [0.15, 0.2) is 11.5 Å². The van der Waals surface area contributed by atoms with E-state index < -0.39 is 0 Å². The third-order valence-electron chi connectivity index (χ3n) is 4.57. The van der Waals surface area contributed by atoms with Crippen LogP contribution in [0.2, 0.25) is 0 Å². The van der Waals surface area contributed by atoms with Crippen LogP contribution in [0, 0.1) is 0 Å². The first-order valence-electron chi connectivity index (χ1n) is 9.20. The van der Waals surface area contributed by atoms with Gasteiger partial charge in [0.2, 0.25) is 0 Å². The van der Waals surface area contributed by atoms with Gasteiger partial charge in [-0.05, 0) is 52.2 Å². The van der Waals surface area contributed by atoms with Gasteiger partial charge < -0.3 is 9.47 Å². The molecule has 0 aliphatic carbocycles. The number of benzene rings is 4. The molecule has 138 valence electrons. The molecule has 0 amide bonds. The number of para-hydroxylation sites is 1. The van der Waals surface area contributed by atoms with Gasteiger partial charge in [-0.3, -0.25) is 4.99 Å². The third kappa shape index (κ3) is 4.04. The number of nitrogens with zero attached hydrogens (tertiary/aromatic N) is 1. The number of rotatable bonds is 6. The smallest absolute Gasteiger partial charge is 0.161 e. The molecule has 0 spiro atoms. The summed E-state index contributed by atoms with van der Waals surface area (Å²) in [7, 11) is 1.65. The highest BCUT2D eigenvalue weighted by Gasteiger charge is 2.07. The van der Waals surface area contributed by atoms with Gasteiger partial charge in [0.25, 0.3) is 0 Å². The minimum Gasteiger partial charge on any atom is -0.493 e. The normalized spacial score (nSPS) is 11.0. The van der Waals surface area contributed by atoms with E-state index in [1.54, 1.807) is 7.11 Å². The van der Waals surface area contributed by atoms with Crippen LogP contribution < -0.4 is 9.47 Å². The molecule has 0 radical (unpaired) electrons. The molecule has 0 N–H and O–H groups in total. The highest BCUT2D eigenvalue weighted by atomic mass is 16.5. The van der Waals surface area contributed by atoms with Crippen molar-refractivity contribution >= 4 is 22.7 Å². The second kappa shape index (κ2) is 8.40. The van der Waals surface area contributed by atoms with Crippen molar-refractivity contribution in [1.29, 1.82) is 0 Å². The van der Waals surface area contributed by atoms with Crippen LogP contribution in [0.4, 0.5) is 5.69 Å². The Balaban J connectivity index is 1.52. The van der Waals surface area contributed by atoms with Gasteiger partial charge in [-0.2, -0.15) is 0 Å². The molecule has 4 aromatic rings. The molecule has 0 heterocycles. The predicted molar refractivity (Wildman–Crippen MR) is 115 cm³/mol. The summed E-state index contributed by atoms with van der Waals surface area (Å²) in [6.45, 7) is 0.481. The molecule has 0 saturated heterocycles. The Morgan fingerprint density at radius 1 is 0.786 bits per heavy atom. The fraction of sp³-hybridized carbons (Fsp3) is 0.0800. The molecular weight excluding hydrogens is 346 g/mol. The maximum Gasteiger partial charge on any atom is 0.161 e. The Labute approximate surface area is 164 Å². The molecule has 0 bridgehead atoms. The lowest BCUT2D eigenvalue weighted by atomic mass is 10.1. The van der Waals surface area contributed by atoms with E-state index in [1.165, 1.54) is 10.8 Å².